The molecule has 2 aromatic rings. The number of halogens is 1. The summed E-state index contributed by atoms with van der Waals surface area (Å²) in [6, 6.07) is 5.59. The molecule has 3 rings (SSSR count). The van der Waals surface area contributed by atoms with Crippen LogP contribution in [0.2, 0.25) is 0 Å². The number of hydrogen-bond acceptors (Lipinski definition) is 6. The molecule has 1 aliphatic rings. The Bertz CT molecular complexity index is 716. The van der Waals surface area contributed by atoms with Crippen molar-refractivity contribution in [1.29, 1.82) is 0 Å². The number of guanidine groups is 1. The monoisotopic (exact) mass is 486 g/mol. The van der Waals surface area contributed by atoms with Crippen molar-refractivity contribution in [3.05, 3.63) is 30.2 Å². The van der Waals surface area contributed by atoms with Crippen LogP contribution >= 0.6 is 24.0 Å². The van der Waals surface area contributed by atoms with Crippen molar-refractivity contribution in [2.75, 3.05) is 26.2 Å². The van der Waals surface area contributed by atoms with Gasteiger partial charge in [0.15, 0.2) is 11.8 Å². The SMILES string of the molecule is CCNC(=NCC1(C)CCCO1)NCCc1noc(-c2ccccn2)n1.I. The highest BCUT2D eigenvalue weighted by molar-refractivity contribution is 14.0. The molecule has 0 bridgehead atoms. The van der Waals surface area contributed by atoms with Crippen LogP contribution in [0.5, 0.6) is 0 Å². The molecule has 2 N–H and O–H groups in total. The lowest BCUT2D eigenvalue weighted by atomic mass is 10.0. The maximum absolute atomic E-state index is 5.79. The Kier molecular flexibility index (Phi) is 8.42. The summed E-state index contributed by atoms with van der Waals surface area (Å²) in [6.45, 7) is 7.09. The fourth-order valence-corrected chi connectivity index (χ4v) is 2.79. The Morgan fingerprint density at radius 3 is 2.93 bits per heavy atom. The van der Waals surface area contributed by atoms with Crippen molar-refractivity contribution in [2.24, 2.45) is 4.99 Å². The van der Waals surface area contributed by atoms with Gasteiger partial charge in [0.2, 0.25) is 0 Å². The molecule has 27 heavy (non-hydrogen) atoms. The van der Waals surface area contributed by atoms with E-state index in [1.165, 1.54) is 0 Å². The number of aliphatic imine (C=N–C) groups is 1. The first-order valence-electron chi connectivity index (χ1n) is 9.09. The van der Waals surface area contributed by atoms with Gasteiger partial charge in [-0.25, -0.2) is 0 Å². The lowest BCUT2D eigenvalue weighted by Gasteiger charge is -2.21. The van der Waals surface area contributed by atoms with Gasteiger partial charge in [-0.2, -0.15) is 4.98 Å². The molecule has 9 heteroatoms. The Balaban J connectivity index is 0.00000261. The largest absolute Gasteiger partial charge is 0.373 e. The summed E-state index contributed by atoms with van der Waals surface area (Å²) in [7, 11) is 0. The molecule has 1 atom stereocenters. The molecule has 0 spiro atoms. The van der Waals surface area contributed by atoms with Gasteiger partial charge in [-0.1, -0.05) is 11.2 Å². The second kappa shape index (κ2) is 10.5. The smallest absolute Gasteiger partial charge is 0.276 e. The van der Waals surface area contributed by atoms with Crippen molar-refractivity contribution < 1.29 is 9.26 Å². The van der Waals surface area contributed by atoms with Crippen LogP contribution in [0.3, 0.4) is 0 Å². The van der Waals surface area contributed by atoms with Crippen LogP contribution in [0.15, 0.2) is 33.9 Å². The van der Waals surface area contributed by atoms with E-state index in [-0.39, 0.29) is 29.6 Å². The number of nitrogens with zero attached hydrogens (tertiary/aromatic N) is 4. The third-order valence-corrected chi connectivity index (χ3v) is 4.21. The summed E-state index contributed by atoms with van der Waals surface area (Å²) in [4.78, 5) is 13.2. The number of nitrogens with one attached hydrogen (secondary N) is 2. The highest BCUT2D eigenvalue weighted by atomic mass is 127. The zero-order valence-corrected chi connectivity index (χ0v) is 18.1. The molecule has 2 aromatic heterocycles. The molecule has 0 aliphatic carbocycles. The first-order valence-corrected chi connectivity index (χ1v) is 9.09. The van der Waals surface area contributed by atoms with Crippen LogP contribution in [0.1, 0.15) is 32.5 Å². The van der Waals surface area contributed by atoms with E-state index in [4.69, 9.17) is 9.26 Å². The number of hydrogen-bond donors (Lipinski definition) is 2. The fourth-order valence-electron chi connectivity index (χ4n) is 2.79. The van der Waals surface area contributed by atoms with E-state index in [2.05, 4.69) is 37.7 Å². The number of rotatable bonds is 7. The molecule has 0 aromatic carbocycles. The van der Waals surface area contributed by atoms with E-state index >= 15 is 0 Å². The predicted molar refractivity (Wildman–Crippen MR) is 114 cm³/mol. The second-order valence-electron chi connectivity index (χ2n) is 6.50. The van der Waals surface area contributed by atoms with Gasteiger partial charge >= 0.3 is 0 Å². The summed E-state index contributed by atoms with van der Waals surface area (Å²) in [5.74, 6) is 1.85. The Morgan fingerprint density at radius 1 is 1.33 bits per heavy atom. The van der Waals surface area contributed by atoms with Crippen LogP contribution in [0, 0.1) is 0 Å². The normalized spacial score (nSPS) is 19.6. The fraction of sp³-hybridized carbons (Fsp3) is 0.556. The summed E-state index contributed by atoms with van der Waals surface area (Å²) < 4.78 is 11.1. The van der Waals surface area contributed by atoms with E-state index in [0.717, 1.165) is 32.0 Å². The van der Waals surface area contributed by atoms with Crippen molar-refractivity contribution in [1.82, 2.24) is 25.8 Å². The van der Waals surface area contributed by atoms with Crippen molar-refractivity contribution in [2.45, 2.75) is 38.7 Å². The van der Waals surface area contributed by atoms with Gasteiger partial charge < -0.3 is 19.9 Å². The van der Waals surface area contributed by atoms with Crippen molar-refractivity contribution in [3.8, 4) is 11.6 Å². The van der Waals surface area contributed by atoms with E-state index in [1.54, 1.807) is 6.20 Å². The summed E-state index contributed by atoms with van der Waals surface area (Å²) in [5, 5.41) is 10.6. The summed E-state index contributed by atoms with van der Waals surface area (Å²) >= 11 is 0. The average Bonchev–Trinajstić information content (AvgIpc) is 3.30. The highest BCUT2D eigenvalue weighted by Crippen LogP contribution is 2.24. The lowest BCUT2D eigenvalue weighted by molar-refractivity contribution is 0.0283. The van der Waals surface area contributed by atoms with Crippen LogP contribution in [-0.2, 0) is 11.2 Å². The van der Waals surface area contributed by atoms with Crippen molar-refractivity contribution >= 4 is 29.9 Å². The van der Waals surface area contributed by atoms with Gasteiger partial charge in [-0.3, -0.25) is 9.98 Å². The maximum atomic E-state index is 5.79. The van der Waals surface area contributed by atoms with Gasteiger partial charge in [0.1, 0.15) is 5.69 Å². The van der Waals surface area contributed by atoms with Gasteiger partial charge in [-0.15, -0.1) is 24.0 Å². The van der Waals surface area contributed by atoms with E-state index in [1.807, 2.05) is 25.1 Å². The Labute approximate surface area is 176 Å². The molecule has 0 radical (unpaired) electrons. The average molecular weight is 486 g/mol. The molecular weight excluding hydrogens is 459 g/mol. The minimum Gasteiger partial charge on any atom is -0.373 e. The number of pyridine rings is 1. The van der Waals surface area contributed by atoms with E-state index in [0.29, 0.717) is 36.9 Å². The number of aromatic nitrogens is 3. The third-order valence-electron chi connectivity index (χ3n) is 4.21. The summed E-state index contributed by atoms with van der Waals surface area (Å²) in [5.41, 5.74) is 0.534. The molecule has 1 aliphatic heterocycles. The quantitative estimate of drug-likeness (QED) is 0.353. The molecule has 8 nitrogen and oxygen atoms in total. The standard InChI is InChI=1S/C18H26N6O2.HI/c1-3-19-17(22-13-18(2)9-6-12-25-18)21-11-8-15-23-16(26-24-15)14-7-4-5-10-20-14;/h4-5,7,10H,3,6,8-9,11-13H2,1-2H3,(H2,19,21,22);1H. The van der Waals surface area contributed by atoms with Crippen LogP contribution in [-0.4, -0.2) is 52.9 Å². The minimum atomic E-state index is -0.145. The summed E-state index contributed by atoms with van der Waals surface area (Å²) in [6.07, 6.45) is 4.49. The first-order chi connectivity index (χ1) is 12.7. The zero-order chi connectivity index (χ0) is 18.2. The number of ether oxygens (including phenoxy) is 1. The Morgan fingerprint density at radius 2 is 2.22 bits per heavy atom. The van der Waals surface area contributed by atoms with Gasteiger partial charge in [0, 0.05) is 32.3 Å². The highest BCUT2D eigenvalue weighted by Gasteiger charge is 2.29. The van der Waals surface area contributed by atoms with Crippen molar-refractivity contribution in [3.63, 3.8) is 0 Å². The topological polar surface area (TPSA) is 97.5 Å². The van der Waals surface area contributed by atoms with Crippen LogP contribution < -0.4 is 10.6 Å². The van der Waals surface area contributed by atoms with Gasteiger partial charge in [0.25, 0.3) is 5.89 Å². The Hall–Kier alpha value is -1.75. The van der Waals surface area contributed by atoms with E-state index < -0.39 is 0 Å². The van der Waals surface area contributed by atoms with E-state index in [9.17, 15) is 0 Å². The molecule has 3 heterocycles. The molecule has 1 fully saturated rings. The van der Waals surface area contributed by atoms with Crippen LogP contribution in [0.4, 0.5) is 0 Å². The molecule has 0 saturated carbocycles. The van der Waals surface area contributed by atoms with Crippen LogP contribution in [0.25, 0.3) is 11.6 Å². The third kappa shape index (κ3) is 6.42. The maximum Gasteiger partial charge on any atom is 0.276 e. The molecule has 148 valence electrons. The zero-order valence-electron chi connectivity index (χ0n) is 15.8. The first kappa shape index (κ1) is 21.5. The predicted octanol–water partition coefficient (Wildman–Crippen LogP) is 2.42. The molecule has 0 amide bonds. The van der Waals surface area contributed by atoms with Gasteiger partial charge in [-0.05, 0) is 38.8 Å². The molecule has 1 saturated heterocycles. The molecular formula is C18H27IN6O2. The lowest BCUT2D eigenvalue weighted by Crippen LogP contribution is -2.40. The minimum absolute atomic E-state index is 0. The second-order valence-corrected chi connectivity index (χ2v) is 6.50. The van der Waals surface area contributed by atoms with Gasteiger partial charge in [0.05, 0.1) is 12.1 Å². The molecule has 1 unspecified atom stereocenters.